The molecule has 0 radical (unpaired) electrons. The number of benzene rings is 2. The summed E-state index contributed by atoms with van der Waals surface area (Å²) in [6.45, 7) is 2.88. The van der Waals surface area contributed by atoms with Crippen molar-refractivity contribution in [2.45, 2.75) is 50.2 Å². The Morgan fingerprint density at radius 3 is 2.45 bits per heavy atom. The summed E-state index contributed by atoms with van der Waals surface area (Å²) in [5.74, 6) is -1.30. The van der Waals surface area contributed by atoms with E-state index in [9.17, 15) is 34.8 Å². The van der Waals surface area contributed by atoms with E-state index in [0.717, 1.165) is 33.1 Å². The number of aryl methyl sites for hydroxylation is 1. The first kappa shape index (κ1) is 33.2. The number of hydrogen-bond acceptors (Lipinski definition) is 6. The molecule has 0 spiro atoms. The number of nitrogens with one attached hydrogen (secondary N) is 1. The molecule has 42 heavy (non-hydrogen) atoms. The van der Waals surface area contributed by atoms with Crippen molar-refractivity contribution < 1.29 is 39.4 Å². The lowest BCUT2D eigenvalue weighted by Gasteiger charge is -2.30. The van der Waals surface area contributed by atoms with Crippen molar-refractivity contribution in [1.82, 2.24) is 14.6 Å². The van der Waals surface area contributed by atoms with E-state index in [-0.39, 0.29) is 25.9 Å². The highest BCUT2D eigenvalue weighted by atomic mass is 32.2. The first-order chi connectivity index (χ1) is 19.6. The standard InChI is InChI=1S/C28H32F3N3O6S2/c1-3-21-19-32-14-13-24(21)23-9-6-8-22(18-23)20(2)34(16-7-12-27(35)33-15-17-41(36,37)38)42(39,40)26-11-5-4-10-25(26)28(29,30)31/h4-6,8-11,13-14,18-20H,3,7,12,15-17H2,1-2H3,(H,33,35)(H,36,37,38). The summed E-state index contributed by atoms with van der Waals surface area (Å²) in [6, 6.07) is 11.9. The van der Waals surface area contributed by atoms with Crippen LogP contribution < -0.4 is 5.32 Å². The molecular weight excluding hydrogens is 595 g/mol. The normalized spacial score (nSPS) is 13.2. The predicted octanol–water partition coefficient (Wildman–Crippen LogP) is 4.87. The molecule has 0 saturated heterocycles. The second kappa shape index (κ2) is 13.8. The van der Waals surface area contributed by atoms with Gasteiger partial charge in [0.15, 0.2) is 0 Å². The maximum absolute atomic E-state index is 13.9. The first-order valence-electron chi connectivity index (χ1n) is 13.1. The van der Waals surface area contributed by atoms with Crippen LogP contribution in [0.4, 0.5) is 13.2 Å². The van der Waals surface area contributed by atoms with Crippen molar-refractivity contribution in [2.75, 3.05) is 18.8 Å². The maximum Gasteiger partial charge on any atom is 0.417 e. The molecule has 0 aliphatic rings. The minimum absolute atomic E-state index is 0.0699. The lowest BCUT2D eigenvalue weighted by molar-refractivity contribution is -0.140. The van der Waals surface area contributed by atoms with Gasteiger partial charge in [0.2, 0.25) is 15.9 Å². The van der Waals surface area contributed by atoms with E-state index < -0.39 is 54.5 Å². The Morgan fingerprint density at radius 1 is 1.07 bits per heavy atom. The van der Waals surface area contributed by atoms with Gasteiger partial charge in [0.1, 0.15) is 0 Å². The van der Waals surface area contributed by atoms with Crippen molar-refractivity contribution >= 4 is 26.0 Å². The third-order valence-electron chi connectivity index (χ3n) is 6.64. The molecule has 1 amide bonds. The van der Waals surface area contributed by atoms with Crippen LogP contribution in [-0.4, -0.2) is 55.4 Å². The first-order valence-corrected chi connectivity index (χ1v) is 16.1. The molecule has 3 rings (SSSR count). The third-order valence-corrected chi connectivity index (χ3v) is 9.39. The number of sulfonamides is 1. The molecule has 0 saturated carbocycles. The zero-order valence-electron chi connectivity index (χ0n) is 23.0. The maximum atomic E-state index is 13.9. The fourth-order valence-corrected chi connectivity index (χ4v) is 6.73. The molecule has 1 heterocycles. The van der Waals surface area contributed by atoms with Gasteiger partial charge in [-0.3, -0.25) is 14.3 Å². The molecule has 228 valence electrons. The highest BCUT2D eigenvalue weighted by molar-refractivity contribution is 7.89. The van der Waals surface area contributed by atoms with Gasteiger partial charge in [0, 0.05) is 37.9 Å². The number of amides is 1. The minimum Gasteiger partial charge on any atom is -0.355 e. The molecule has 1 aromatic heterocycles. The van der Waals surface area contributed by atoms with Gasteiger partial charge in [-0.15, -0.1) is 0 Å². The zero-order valence-corrected chi connectivity index (χ0v) is 24.6. The van der Waals surface area contributed by atoms with Gasteiger partial charge in [-0.1, -0.05) is 37.3 Å². The largest absolute Gasteiger partial charge is 0.417 e. The SMILES string of the molecule is CCc1cnccc1-c1cccc(C(C)N(CCCC(=O)NCCS(=O)(=O)O)S(=O)(=O)c2ccccc2C(F)(F)F)c1. The number of carbonyl (C=O) groups excluding carboxylic acids is 1. The van der Waals surface area contributed by atoms with Crippen LogP contribution in [0.5, 0.6) is 0 Å². The van der Waals surface area contributed by atoms with Crippen molar-refractivity contribution in [3.8, 4) is 11.1 Å². The number of nitrogens with zero attached hydrogens (tertiary/aromatic N) is 2. The smallest absolute Gasteiger partial charge is 0.355 e. The highest BCUT2D eigenvalue weighted by Gasteiger charge is 2.40. The number of alkyl halides is 3. The predicted molar refractivity (Wildman–Crippen MR) is 151 cm³/mol. The van der Waals surface area contributed by atoms with Gasteiger partial charge < -0.3 is 5.32 Å². The Bertz CT molecular complexity index is 1610. The molecule has 1 unspecified atom stereocenters. The molecule has 0 bridgehead atoms. The van der Waals surface area contributed by atoms with Gasteiger partial charge in [0.25, 0.3) is 10.1 Å². The number of pyridine rings is 1. The van der Waals surface area contributed by atoms with Gasteiger partial charge >= 0.3 is 6.18 Å². The molecular formula is C28H32F3N3O6S2. The quantitative estimate of drug-likeness (QED) is 0.259. The average molecular weight is 628 g/mol. The van der Waals surface area contributed by atoms with E-state index in [1.54, 1.807) is 37.5 Å². The summed E-state index contributed by atoms with van der Waals surface area (Å²) in [7, 11) is -9.02. The molecule has 0 aliphatic heterocycles. The van der Waals surface area contributed by atoms with E-state index >= 15 is 0 Å². The van der Waals surface area contributed by atoms with Crippen LogP contribution in [0.3, 0.4) is 0 Å². The summed E-state index contributed by atoms with van der Waals surface area (Å²) in [5, 5.41) is 2.31. The van der Waals surface area contributed by atoms with Crippen LogP contribution in [0.15, 0.2) is 71.9 Å². The van der Waals surface area contributed by atoms with Crippen molar-refractivity contribution in [1.29, 1.82) is 0 Å². The Hall–Kier alpha value is -3.33. The molecule has 14 heteroatoms. The fourth-order valence-electron chi connectivity index (χ4n) is 4.50. The Labute approximate surface area is 243 Å². The third kappa shape index (κ3) is 8.60. The summed E-state index contributed by atoms with van der Waals surface area (Å²) < 4.78 is 101. The van der Waals surface area contributed by atoms with E-state index in [2.05, 4.69) is 10.3 Å². The van der Waals surface area contributed by atoms with Gasteiger partial charge in [-0.25, -0.2) is 8.42 Å². The molecule has 2 aromatic carbocycles. The number of aromatic nitrogens is 1. The van der Waals surface area contributed by atoms with Crippen LogP contribution in [0.1, 0.15) is 49.4 Å². The summed E-state index contributed by atoms with van der Waals surface area (Å²) >= 11 is 0. The molecule has 3 aromatic rings. The minimum atomic E-state index is -4.93. The van der Waals surface area contributed by atoms with Gasteiger partial charge in [0.05, 0.1) is 16.2 Å². The topological polar surface area (TPSA) is 134 Å². The molecule has 0 aliphatic carbocycles. The lowest BCUT2D eigenvalue weighted by Crippen LogP contribution is -2.36. The summed E-state index contributed by atoms with van der Waals surface area (Å²) in [4.78, 5) is 15.5. The molecule has 1 atom stereocenters. The Kier molecular flexibility index (Phi) is 10.9. The number of halogens is 3. The van der Waals surface area contributed by atoms with E-state index in [4.69, 9.17) is 4.55 Å². The highest BCUT2D eigenvalue weighted by Crippen LogP contribution is 2.38. The lowest BCUT2D eigenvalue weighted by atomic mass is 9.97. The van der Waals surface area contributed by atoms with Crippen molar-refractivity contribution in [2.24, 2.45) is 0 Å². The average Bonchev–Trinajstić information content (AvgIpc) is 2.93. The second-order valence-corrected chi connectivity index (χ2v) is 13.0. The monoisotopic (exact) mass is 627 g/mol. The number of hydrogen-bond donors (Lipinski definition) is 2. The molecule has 2 N–H and O–H groups in total. The van der Waals surface area contributed by atoms with E-state index in [1.165, 1.54) is 6.07 Å². The number of carbonyl (C=O) groups is 1. The summed E-state index contributed by atoms with van der Waals surface area (Å²) in [5.41, 5.74) is 1.86. The Balaban J connectivity index is 1.97. The zero-order chi connectivity index (χ0) is 31.1. The van der Waals surface area contributed by atoms with Crippen LogP contribution in [0.2, 0.25) is 0 Å². The fraction of sp³-hybridized carbons (Fsp3) is 0.357. The van der Waals surface area contributed by atoms with Crippen molar-refractivity contribution in [3.05, 3.63) is 83.7 Å². The van der Waals surface area contributed by atoms with E-state index in [0.29, 0.717) is 18.1 Å². The van der Waals surface area contributed by atoms with Crippen LogP contribution >= 0.6 is 0 Å². The summed E-state index contributed by atoms with van der Waals surface area (Å²) in [6.07, 6.45) is -1.16. The molecule has 9 nitrogen and oxygen atoms in total. The molecule has 0 fully saturated rings. The second-order valence-electron chi connectivity index (χ2n) is 9.54. The van der Waals surface area contributed by atoms with Crippen LogP contribution in [0, 0.1) is 0 Å². The Morgan fingerprint density at radius 2 is 1.79 bits per heavy atom. The van der Waals surface area contributed by atoms with E-state index in [1.807, 2.05) is 19.1 Å². The van der Waals surface area contributed by atoms with Crippen LogP contribution in [-0.2, 0) is 37.5 Å². The van der Waals surface area contributed by atoms with Crippen molar-refractivity contribution in [3.63, 3.8) is 0 Å². The number of rotatable bonds is 13. The van der Waals surface area contributed by atoms with Gasteiger partial charge in [-0.2, -0.15) is 25.9 Å². The van der Waals surface area contributed by atoms with Gasteiger partial charge in [-0.05, 0) is 66.3 Å². The van der Waals surface area contributed by atoms with Crippen LogP contribution in [0.25, 0.3) is 11.1 Å².